The fourth-order valence-corrected chi connectivity index (χ4v) is 2.77. The minimum atomic E-state index is 0.282. The molecule has 0 saturated carbocycles. The molecule has 1 aromatic rings. The third-order valence-electron chi connectivity index (χ3n) is 2.90. The first-order valence-electron chi connectivity index (χ1n) is 5.86. The van der Waals surface area contributed by atoms with Crippen LogP contribution in [-0.4, -0.2) is 30.2 Å². The van der Waals surface area contributed by atoms with E-state index in [0.29, 0.717) is 5.02 Å². The van der Waals surface area contributed by atoms with Gasteiger partial charge in [-0.15, -0.1) is 0 Å². The van der Waals surface area contributed by atoms with E-state index in [1.54, 1.807) is 6.07 Å². The maximum atomic E-state index is 6.18. The van der Waals surface area contributed by atoms with Crippen LogP contribution in [0.1, 0.15) is 19.4 Å². The van der Waals surface area contributed by atoms with Crippen molar-refractivity contribution in [1.82, 2.24) is 4.90 Å². The number of rotatable bonds is 2. The Bertz CT molecular complexity index is 387. The number of nitrogens with zero attached hydrogens (tertiary/aromatic N) is 1. The Morgan fingerprint density at radius 3 is 2.47 bits per heavy atom. The zero-order chi connectivity index (χ0) is 12.4. The predicted molar refractivity (Wildman–Crippen MR) is 71.7 cm³/mol. The van der Waals surface area contributed by atoms with Gasteiger partial charge in [0.1, 0.15) is 0 Å². The first-order chi connectivity index (χ1) is 8.04. The van der Waals surface area contributed by atoms with Crippen LogP contribution in [0.15, 0.2) is 18.2 Å². The average Bonchev–Trinajstić information content (AvgIpc) is 2.21. The normalized spacial score (nSPS) is 26.1. The Morgan fingerprint density at radius 2 is 1.88 bits per heavy atom. The summed E-state index contributed by atoms with van der Waals surface area (Å²) < 4.78 is 5.71. The van der Waals surface area contributed by atoms with Crippen LogP contribution in [0.25, 0.3) is 0 Å². The number of morpholine rings is 1. The maximum absolute atomic E-state index is 6.18. The molecule has 1 aromatic carbocycles. The van der Waals surface area contributed by atoms with Gasteiger partial charge in [-0.3, -0.25) is 4.90 Å². The summed E-state index contributed by atoms with van der Waals surface area (Å²) in [5.74, 6) is 0. The van der Waals surface area contributed by atoms with Crippen molar-refractivity contribution in [2.45, 2.75) is 32.6 Å². The molecule has 0 aliphatic carbocycles. The lowest BCUT2D eigenvalue weighted by molar-refractivity contribution is -0.0704. The molecule has 1 fully saturated rings. The molecule has 1 heterocycles. The van der Waals surface area contributed by atoms with Gasteiger partial charge in [-0.2, -0.15) is 0 Å². The topological polar surface area (TPSA) is 12.5 Å². The van der Waals surface area contributed by atoms with Crippen LogP contribution in [-0.2, 0) is 11.3 Å². The van der Waals surface area contributed by atoms with Crippen LogP contribution in [0, 0.1) is 0 Å². The summed E-state index contributed by atoms with van der Waals surface area (Å²) in [6.45, 7) is 6.96. The van der Waals surface area contributed by atoms with Crippen molar-refractivity contribution >= 4 is 23.2 Å². The Morgan fingerprint density at radius 1 is 1.24 bits per heavy atom. The maximum Gasteiger partial charge on any atom is 0.0678 e. The lowest BCUT2D eigenvalue weighted by atomic mass is 10.1. The van der Waals surface area contributed by atoms with Crippen molar-refractivity contribution in [2.75, 3.05) is 13.1 Å². The lowest BCUT2D eigenvalue weighted by Gasteiger charge is -2.35. The molecular weight excluding hydrogens is 257 g/mol. The van der Waals surface area contributed by atoms with Gasteiger partial charge >= 0.3 is 0 Å². The highest BCUT2D eigenvalue weighted by atomic mass is 35.5. The summed E-state index contributed by atoms with van der Waals surface area (Å²) in [6, 6.07) is 5.68. The van der Waals surface area contributed by atoms with E-state index in [1.807, 2.05) is 12.1 Å². The molecule has 1 aliphatic rings. The summed E-state index contributed by atoms with van der Waals surface area (Å²) in [7, 11) is 0. The number of halogens is 2. The molecule has 0 radical (unpaired) electrons. The fourth-order valence-electron chi connectivity index (χ4n) is 2.30. The molecule has 0 bridgehead atoms. The van der Waals surface area contributed by atoms with Crippen molar-refractivity contribution in [3.05, 3.63) is 33.8 Å². The molecule has 94 valence electrons. The quantitative estimate of drug-likeness (QED) is 0.817. The van der Waals surface area contributed by atoms with Gasteiger partial charge < -0.3 is 4.74 Å². The molecule has 0 unspecified atom stereocenters. The van der Waals surface area contributed by atoms with Crippen molar-refractivity contribution in [1.29, 1.82) is 0 Å². The second kappa shape index (κ2) is 5.57. The molecule has 0 spiro atoms. The molecule has 0 aromatic heterocycles. The smallest absolute Gasteiger partial charge is 0.0678 e. The lowest BCUT2D eigenvalue weighted by Crippen LogP contribution is -2.44. The molecule has 4 heteroatoms. The van der Waals surface area contributed by atoms with Gasteiger partial charge in [0.2, 0.25) is 0 Å². The van der Waals surface area contributed by atoms with E-state index >= 15 is 0 Å². The fraction of sp³-hybridized carbons (Fsp3) is 0.538. The predicted octanol–water partition coefficient (Wildman–Crippen LogP) is 3.60. The molecule has 17 heavy (non-hydrogen) atoms. The van der Waals surface area contributed by atoms with E-state index in [2.05, 4.69) is 18.7 Å². The number of ether oxygens (including phenoxy) is 1. The third kappa shape index (κ3) is 3.59. The standard InChI is InChI=1S/C13H17Cl2NO/c1-9-6-16(7-10(2)17-9)8-11-3-4-12(14)5-13(11)15/h3-5,9-10H,6-8H2,1-2H3/t9-,10+. The van der Waals surface area contributed by atoms with Crippen molar-refractivity contribution in [3.63, 3.8) is 0 Å². The monoisotopic (exact) mass is 273 g/mol. The summed E-state index contributed by atoms with van der Waals surface area (Å²) in [5, 5.41) is 1.42. The molecule has 2 rings (SSSR count). The van der Waals surface area contributed by atoms with Gasteiger partial charge in [0.05, 0.1) is 12.2 Å². The van der Waals surface area contributed by atoms with E-state index in [4.69, 9.17) is 27.9 Å². The zero-order valence-corrected chi connectivity index (χ0v) is 11.6. The minimum Gasteiger partial charge on any atom is -0.373 e. The molecule has 0 N–H and O–H groups in total. The van der Waals surface area contributed by atoms with Crippen LogP contribution < -0.4 is 0 Å². The van der Waals surface area contributed by atoms with E-state index in [1.165, 1.54) is 0 Å². The minimum absolute atomic E-state index is 0.282. The molecule has 1 aliphatic heterocycles. The van der Waals surface area contributed by atoms with E-state index in [-0.39, 0.29) is 12.2 Å². The van der Waals surface area contributed by atoms with E-state index in [9.17, 15) is 0 Å². The first-order valence-corrected chi connectivity index (χ1v) is 6.62. The van der Waals surface area contributed by atoms with Gasteiger partial charge in [-0.05, 0) is 31.5 Å². The average molecular weight is 274 g/mol. The number of benzene rings is 1. The zero-order valence-electron chi connectivity index (χ0n) is 10.1. The highest BCUT2D eigenvalue weighted by molar-refractivity contribution is 6.35. The van der Waals surface area contributed by atoms with Gasteiger partial charge in [0, 0.05) is 29.7 Å². The van der Waals surface area contributed by atoms with Gasteiger partial charge in [-0.25, -0.2) is 0 Å². The summed E-state index contributed by atoms with van der Waals surface area (Å²) in [4.78, 5) is 2.37. The van der Waals surface area contributed by atoms with Gasteiger partial charge in [-0.1, -0.05) is 29.3 Å². The Balaban J connectivity index is 2.04. The Kier molecular flexibility index (Phi) is 4.31. The van der Waals surface area contributed by atoms with Gasteiger partial charge in [0.25, 0.3) is 0 Å². The third-order valence-corrected chi connectivity index (χ3v) is 3.49. The highest BCUT2D eigenvalue weighted by Crippen LogP contribution is 2.23. The van der Waals surface area contributed by atoms with Crippen LogP contribution in [0.4, 0.5) is 0 Å². The van der Waals surface area contributed by atoms with Crippen molar-refractivity contribution in [2.24, 2.45) is 0 Å². The summed E-state index contributed by atoms with van der Waals surface area (Å²) >= 11 is 12.1. The van der Waals surface area contributed by atoms with Gasteiger partial charge in [0.15, 0.2) is 0 Å². The largest absolute Gasteiger partial charge is 0.373 e. The summed E-state index contributed by atoms with van der Waals surface area (Å²) in [6.07, 6.45) is 0.564. The van der Waals surface area contributed by atoms with Crippen molar-refractivity contribution < 1.29 is 4.74 Å². The molecular formula is C13H17Cl2NO. The van der Waals surface area contributed by atoms with Crippen molar-refractivity contribution in [3.8, 4) is 0 Å². The van der Waals surface area contributed by atoms with Crippen LogP contribution >= 0.6 is 23.2 Å². The number of hydrogen-bond donors (Lipinski definition) is 0. The SMILES string of the molecule is C[C@@H]1CN(Cc2ccc(Cl)cc2Cl)C[C@H](C)O1. The Labute approximate surface area is 112 Å². The van der Waals surface area contributed by atoms with E-state index < -0.39 is 0 Å². The van der Waals surface area contributed by atoms with Crippen LogP contribution in [0.3, 0.4) is 0 Å². The molecule has 2 atom stereocenters. The molecule has 1 saturated heterocycles. The van der Waals surface area contributed by atoms with Crippen LogP contribution in [0.5, 0.6) is 0 Å². The molecule has 2 nitrogen and oxygen atoms in total. The molecule has 0 amide bonds. The highest BCUT2D eigenvalue weighted by Gasteiger charge is 2.22. The first kappa shape index (κ1) is 13.2. The summed E-state index contributed by atoms with van der Waals surface area (Å²) in [5.41, 5.74) is 1.12. The van der Waals surface area contributed by atoms with Crippen LogP contribution in [0.2, 0.25) is 10.0 Å². The van der Waals surface area contributed by atoms with E-state index in [0.717, 1.165) is 30.2 Å². The second-order valence-electron chi connectivity index (χ2n) is 4.69. The Hall–Kier alpha value is -0.280. The second-order valence-corrected chi connectivity index (χ2v) is 5.53. The number of hydrogen-bond acceptors (Lipinski definition) is 2.